The molecule has 34 heavy (non-hydrogen) atoms. The van der Waals surface area contributed by atoms with Gasteiger partial charge in [0.2, 0.25) is 0 Å². The first-order chi connectivity index (χ1) is 16.5. The number of carbonyl (C=O) groups is 1. The largest absolute Gasteiger partial charge is 0.488 e. The predicted molar refractivity (Wildman–Crippen MR) is 138 cm³/mol. The number of aryl methyl sites for hydroxylation is 3. The minimum absolute atomic E-state index is 0.00985. The molecule has 1 amide bonds. The quantitative estimate of drug-likeness (QED) is 0.259. The molecule has 0 atom stereocenters. The van der Waals surface area contributed by atoms with E-state index in [9.17, 15) is 10.1 Å². The van der Waals surface area contributed by atoms with Crippen molar-refractivity contribution in [3.05, 3.63) is 112 Å². The summed E-state index contributed by atoms with van der Waals surface area (Å²) in [6.07, 6.45) is 1.62. The summed E-state index contributed by atoms with van der Waals surface area (Å²) in [5.41, 5.74) is 5.82. The lowest BCUT2D eigenvalue weighted by Crippen LogP contribution is -2.14. The fourth-order valence-corrected chi connectivity index (χ4v) is 3.80. The molecule has 168 valence electrons. The third-order valence-corrected chi connectivity index (χ3v) is 5.94. The summed E-state index contributed by atoms with van der Waals surface area (Å²) in [5.74, 6) is 0.165. The van der Waals surface area contributed by atoms with E-state index in [1.807, 2.05) is 67.6 Å². The first kappa shape index (κ1) is 22.8. The van der Waals surface area contributed by atoms with Crippen LogP contribution in [0.4, 0.5) is 5.69 Å². The smallest absolute Gasteiger partial charge is 0.266 e. The number of anilines is 1. The van der Waals surface area contributed by atoms with E-state index in [2.05, 4.69) is 43.4 Å². The number of carbonyl (C=O) groups excluding carboxylic acids is 1. The van der Waals surface area contributed by atoms with Gasteiger partial charge in [-0.2, -0.15) is 5.26 Å². The van der Waals surface area contributed by atoms with Gasteiger partial charge in [-0.25, -0.2) is 0 Å². The highest BCUT2D eigenvalue weighted by Crippen LogP contribution is 2.31. The van der Waals surface area contributed by atoms with Gasteiger partial charge in [-0.15, -0.1) is 0 Å². The molecule has 0 aliphatic heterocycles. The van der Waals surface area contributed by atoms with Gasteiger partial charge in [-0.05, 0) is 72.0 Å². The molecule has 0 fully saturated rings. The predicted octanol–water partition coefficient (Wildman–Crippen LogP) is 6.89. The van der Waals surface area contributed by atoms with Crippen LogP contribution in [0.25, 0.3) is 16.8 Å². The highest BCUT2D eigenvalue weighted by molar-refractivity contribution is 6.11. The van der Waals surface area contributed by atoms with Gasteiger partial charge in [0.25, 0.3) is 5.91 Å². The van der Waals surface area contributed by atoms with Gasteiger partial charge in [0.15, 0.2) is 0 Å². The molecular weight excluding hydrogens is 420 g/mol. The average molecular weight is 447 g/mol. The SMILES string of the molecule is Cc1ccc(COc2ccc3ccccc3c2/C=C(\C#N)C(=O)Nc2ccccc2C)cc1C. The van der Waals surface area contributed by atoms with Crippen molar-refractivity contribution in [2.75, 3.05) is 5.32 Å². The summed E-state index contributed by atoms with van der Waals surface area (Å²) < 4.78 is 6.20. The van der Waals surface area contributed by atoms with Crippen LogP contribution in [0.3, 0.4) is 0 Å². The molecular formula is C30H26N2O2. The van der Waals surface area contributed by atoms with Gasteiger partial charge in [0.05, 0.1) is 0 Å². The van der Waals surface area contributed by atoms with Crippen LogP contribution < -0.4 is 10.1 Å². The maximum Gasteiger partial charge on any atom is 0.266 e. The second-order valence-corrected chi connectivity index (χ2v) is 8.34. The molecule has 0 aliphatic rings. The second kappa shape index (κ2) is 10.1. The summed E-state index contributed by atoms with van der Waals surface area (Å²) in [7, 11) is 0. The molecule has 0 bridgehead atoms. The van der Waals surface area contributed by atoms with Crippen LogP contribution in [-0.2, 0) is 11.4 Å². The zero-order valence-electron chi connectivity index (χ0n) is 19.6. The summed E-state index contributed by atoms with van der Waals surface area (Å²) in [5, 5.41) is 14.6. The van der Waals surface area contributed by atoms with Crippen molar-refractivity contribution in [3.63, 3.8) is 0 Å². The third-order valence-electron chi connectivity index (χ3n) is 5.94. The summed E-state index contributed by atoms with van der Waals surface area (Å²) in [6.45, 7) is 6.46. The Morgan fingerprint density at radius 3 is 2.44 bits per heavy atom. The lowest BCUT2D eigenvalue weighted by Gasteiger charge is -2.14. The lowest BCUT2D eigenvalue weighted by molar-refractivity contribution is -0.112. The van der Waals surface area contributed by atoms with E-state index in [0.717, 1.165) is 21.9 Å². The standard InChI is InChI=1S/C30H26N2O2/c1-20-12-13-23(16-22(20)3)19-34-29-15-14-24-9-5-6-10-26(24)27(29)17-25(18-31)30(33)32-28-11-7-4-8-21(28)2/h4-17H,19H2,1-3H3,(H,32,33)/b25-17+. The van der Waals surface area contributed by atoms with Crippen molar-refractivity contribution in [2.24, 2.45) is 0 Å². The van der Waals surface area contributed by atoms with Gasteiger partial charge in [-0.3, -0.25) is 4.79 Å². The van der Waals surface area contributed by atoms with Crippen molar-refractivity contribution in [3.8, 4) is 11.8 Å². The van der Waals surface area contributed by atoms with Crippen LogP contribution in [0.1, 0.15) is 27.8 Å². The molecule has 0 saturated heterocycles. The molecule has 4 aromatic rings. The molecule has 0 spiro atoms. The number of hydrogen-bond donors (Lipinski definition) is 1. The van der Waals surface area contributed by atoms with E-state index < -0.39 is 5.91 Å². The van der Waals surface area contributed by atoms with Gasteiger partial charge < -0.3 is 10.1 Å². The number of hydrogen-bond acceptors (Lipinski definition) is 3. The number of nitrogens with zero attached hydrogens (tertiary/aromatic N) is 1. The number of nitrogens with one attached hydrogen (secondary N) is 1. The second-order valence-electron chi connectivity index (χ2n) is 8.34. The van der Waals surface area contributed by atoms with Crippen molar-refractivity contribution in [1.29, 1.82) is 5.26 Å². The van der Waals surface area contributed by atoms with Crippen molar-refractivity contribution < 1.29 is 9.53 Å². The summed E-state index contributed by atoms with van der Waals surface area (Å²) >= 11 is 0. The Kier molecular flexibility index (Phi) is 6.75. The molecule has 0 aromatic heterocycles. The maximum atomic E-state index is 13.0. The third kappa shape index (κ3) is 5.00. The topological polar surface area (TPSA) is 62.1 Å². The first-order valence-electron chi connectivity index (χ1n) is 11.2. The molecule has 4 aromatic carbocycles. The van der Waals surface area contributed by atoms with Gasteiger partial charge >= 0.3 is 0 Å². The lowest BCUT2D eigenvalue weighted by atomic mass is 10.0. The highest BCUT2D eigenvalue weighted by Gasteiger charge is 2.14. The molecule has 0 saturated carbocycles. The fraction of sp³-hybridized carbons (Fsp3) is 0.133. The molecule has 1 N–H and O–H groups in total. The minimum atomic E-state index is -0.454. The zero-order valence-corrected chi connectivity index (χ0v) is 19.6. The molecule has 0 heterocycles. The number of nitriles is 1. The number of amides is 1. The number of benzene rings is 4. The molecule has 0 aliphatic carbocycles. The van der Waals surface area contributed by atoms with Crippen molar-refractivity contribution >= 4 is 28.4 Å². The van der Waals surface area contributed by atoms with E-state index in [0.29, 0.717) is 23.6 Å². The van der Waals surface area contributed by atoms with Crippen LogP contribution >= 0.6 is 0 Å². The number of rotatable bonds is 6. The Hall–Kier alpha value is -4.36. The van der Waals surface area contributed by atoms with Crippen molar-refractivity contribution in [1.82, 2.24) is 0 Å². The number of fused-ring (bicyclic) bond motifs is 1. The first-order valence-corrected chi connectivity index (χ1v) is 11.2. The number of para-hydroxylation sites is 1. The van der Waals surface area contributed by atoms with Gasteiger partial charge in [-0.1, -0.05) is 66.7 Å². The highest BCUT2D eigenvalue weighted by atomic mass is 16.5. The van der Waals surface area contributed by atoms with Crippen LogP contribution in [0.5, 0.6) is 5.75 Å². The summed E-state index contributed by atoms with van der Waals surface area (Å²) in [4.78, 5) is 13.0. The van der Waals surface area contributed by atoms with E-state index in [1.54, 1.807) is 6.08 Å². The van der Waals surface area contributed by atoms with E-state index in [4.69, 9.17) is 4.74 Å². The van der Waals surface area contributed by atoms with E-state index in [-0.39, 0.29) is 5.57 Å². The van der Waals surface area contributed by atoms with Crippen LogP contribution in [0.2, 0.25) is 0 Å². The average Bonchev–Trinajstić information content (AvgIpc) is 2.85. The van der Waals surface area contributed by atoms with E-state index in [1.165, 1.54) is 11.1 Å². The fourth-order valence-electron chi connectivity index (χ4n) is 3.80. The Bertz CT molecular complexity index is 1440. The van der Waals surface area contributed by atoms with E-state index >= 15 is 0 Å². The van der Waals surface area contributed by atoms with Crippen LogP contribution in [0.15, 0.2) is 84.4 Å². The van der Waals surface area contributed by atoms with Gasteiger partial charge in [0, 0.05) is 11.3 Å². The Morgan fingerprint density at radius 2 is 1.68 bits per heavy atom. The maximum absolute atomic E-state index is 13.0. The Balaban J connectivity index is 1.70. The molecule has 0 radical (unpaired) electrons. The monoisotopic (exact) mass is 446 g/mol. The summed E-state index contributed by atoms with van der Waals surface area (Å²) in [6, 6.07) is 27.5. The normalized spacial score (nSPS) is 11.2. The van der Waals surface area contributed by atoms with Crippen LogP contribution in [0, 0.1) is 32.1 Å². The zero-order chi connectivity index (χ0) is 24.1. The van der Waals surface area contributed by atoms with Gasteiger partial charge in [0.1, 0.15) is 24.0 Å². The number of ether oxygens (including phenoxy) is 1. The Morgan fingerprint density at radius 1 is 0.912 bits per heavy atom. The molecule has 0 unspecified atom stereocenters. The van der Waals surface area contributed by atoms with Crippen molar-refractivity contribution in [2.45, 2.75) is 27.4 Å². The van der Waals surface area contributed by atoms with Crippen LogP contribution in [-0.4, -0.2) is 5.91 Å². The molecule has 4 heteroatoms. The minimum Gasteiger partial charge on any atom is -0.488 e. The Labute approximate surface area is 200 Å². The molecule has 4 nitrogen and oxygen atoms in total. The molecule has 4 rings (SSSR count).